The smallest absolute Gasteiger partial charge is 0.313 e. The number of methoxy groups -OCH3 is 1. The zero-order valence-corrected chi connectivity index (χ0v) is 10.3. The van der Waals surface area contributed by atoms with Crippen LogP contribution in [0.5, 0.6) is 0 Å². The molecule has 0 saturated heterocycles. The zero-order valence-electron chi connectivity index (χ0n) is 9.50. The summed E-state index contributed by atoms with van der Waals surface area (Å²) >= 11 is 5.98. The molecule has 1 saturated carbocycles. The summed E-state index contributed by atoms with van der Waals surface area (Å²) < 4.78 is 4.88. The van der Waals surface area contributed by atoms with Crippen molar-refractivity contribution in [2.45, 2.75) is 25.7 Å². The Morgan fingerprint density at radius 3 is 2.75 bits per heavy atom. The quantitative estimate of drug-likeness (QED) is 0.756. The molecule has 16 heavy (non-hydrogen) atoms. The van der Waals surface area contributed by atoms with Crippen molar-refractivity contribution in [3.05, 3.63) is 34.3 Å². The van der Waals surface area contributed by atoms with Crippen molar-refractivity contribution in [3.63, 3.8) is 0 Å². The highest BCUT2D eigenvalue weighted by molar-refractivity contribution is 6.30. The van der Waals surface area contributed by atoms with Crippen molar-refractivity contribution in [2.75, 3.05) is 7.11 Å². The van der Waals surface area contributed by atoms with E-state index in [4.69, 9.17) is 16.3 Å². The van der Waals surface area contributed by atoms with Crippen LogP contribution in [0.3, 0.4) is 0 Å². The van der Waals surface area contributed by atoms with Crippen LogP contribution in [0.15, 0.2) is 18.2 Å². The zero-order chi connectivity index (χ0) is 11.7. The van der Waals surface area contributed by atoms with Gasteiger partial charge in [-0.2, -0.15) is 0 Å². The third kappa shape index (κ3) is 2.22. The molecule has 1 unspecified atom stereocenters. The van der Waals surface area contributed by atoms with Gasteiger partial charge in [-0.1, -0.05) is 17.7 Å². The molecule has 86 valence electrons. The Kier molecular flexibility index (Phi) is 3.20. The Balaban J connectivity index is 2.37. The predicted octanol–water partition coefficient (Wildman–Crippen LogP) is 3.32. The Hall–Kier alpha value is -1.02. The molecule has 1 atom stereocenters. The summed E-state index contributed by atoms with van der Waals surface area (Å²) in [5, 5.41) is 0.676. The van der Waals surface area contributed by atoms with Gasteiger partial charge in [0.15, 0.2) is 0 Å². The average molecular weight is 239 g/mol. The summed E-state index contributed by atoms with van der Waals surface area (Å²) in [7, 11) is 1.44. The number of halogens is 1. The summed E-state index contributed by atoms with van der Waals surface area (Å²) in [5.41, 5.74) is 2.12. The fourth-order valence-electron chi connectivity index (χ4n) is 2.08. The third-order valence-corrected chi connectivity index (χ3v) is 3.36. The summed E-state index contributed by atoms with van der Waals surface area (Å²) in [4.78, 5) is 11.8. The van der Waals surface area contributed by atoms with Crippen LogP contribution < -0.4 is 0 Å². The summed E-state index contributed by atoms with van der Waals surface area (Å²) in [6, 6.07) is 5.69. The molecule has 0 bridgehead atoms. The second-order valence-corrected chi connectivity index (χ2v) is 4.78. The first-order valence-corrected chi connectivity index (χ1v) is 5.85. The van der Waals surface area contributed by atoms with Crippen LogP contribution in [0.4, 0.5) is 0 Å². The second kappa shape index (κ2) is 4.46. The minimum absolute atomic E-state index is 0.135. The first-order valence-electron chi connectivity index (χ1n) is 5.47. The SMILES string of the molecule is COC(=O)C(c1cc(Cl)ccc1C)C1CC1. The maximum Gasteiger partial charge on any atom is 0.313 e. The lowest BCUT2D eigenvalue weighted by Gasteiger charge is -2.16. The minimum Gasteiger partial charge on any atom is -0.469 e. The maximum absolute atomic E-state index is 11.8. The fraction of sp³-hybridized carbons (Fsp3) is 0.462. The Morgan fingerprint density at radius 2 is 2.19 bits per heavy atom. The monoisotopic (exact) mass is 238 g/mol. The molecule has 1 aromatic carbocycles. The molecule has 2 rings (SSSR count). The highest BCUT2D eigenvalue weighted by Crippen LogP contribution is 2.44. The van der Waals surface area contributed by atoms with Gasteiger partial charge in [-0.25, -0.2) is 0 Å². The molecule has 3 heteroatoms. The number of esters is 1. The normalized spacial score (nSPS) is 16.9. The van der Waals surface area contributed by atoms with E-state index in [0.717, 1.165) is 24.0 Å². The van der Waals surface area contributed by atoms with Gasteiger partial charge in [0.1, 0.15) is 0 Å². The lowest BCUT2D eigenvalue weighted by Crippen LogP contribution is -2.17. The van der Waals surface area contributed by atoms with Crippen molar-refractivity contribution < 1.29 is 9.53 Å². The number of benzene rings is 1. The number of ether oxygens (including phenoxy) is 1. The largest absolute Gasteiger partial charge is 0.469 e. The number of rotatable bonds is 3. The van der Waals surface area contributed by atoms with Crippen LogP contribution >= 0.6 is 11.6 Å². The summed E-state index contributed by atoms with van der Waals surface area (Å²) in [5.74, 6) is 0.154. The highest BCUT2D eigenvalue weighted by Gasteiger charge is 2.38. The van der Waals surface area contributed by atoms with Crippen LogP contribution in [0.25, 0.3) is 0 Å². The topological polar surface area (TPSA) is 26.3 Å². The van der Waals surface area contributed by atoms with Crippen molar-refractivity contribution in [2.24, 2.45) is 5.92 Å². The lowest BCUT2D eigenvalue weighted by atomic mass is 9.91. The van der Waals surface area contributed by atoms with E-state index < -0.39 is 0 Å². The van der Waals surface area contributed by atoms with E-state index in [2.05, 4.69) is 0 Å². The fourth-order valence-corrected chi connectivity index (χ4v) is 2.26. The van der Waals surface area contributed by atoms with E-state index in [-0.39, 0.29) is 11.9 Å². The Morgan fingerprint density at radius 1 is 1.50 bits per heavy atom. The molecular weight excluding hydrogens is 224 g/mol. The van der Waals surface area contributed by atoms with E-state index >= 15 is 0 Å². The summed E-state index contributed by atoms with van der Waals surface area (Å²) in [6.45, 7) is 2.00. The van der Waals surface area contributed by atoms with Gasteiger partial charge in [0.25, 0.3) is 0 Å². The van der Waals surface area contributed by atoms with Crippen molar-refractivity contribution in [1.29, 1.82) is 0 Å². The number of aryl methyl sites for hydroxylation is 1. The molecule has 0 N–H and O–H groups in total. The minimum atomic E-state index is -0.145. The van der Waals surface area contributed by atoms with E-state index in [1.807, 2.05) is 25.1 Å². The van der Waals surface area contributed by atoms with Gasteiger partial charge >= 0.3 is 5.97 Å². The molecule has 0 radical (unpaired) electrons. The molecule has 0 spiro atoms. The van der Waals surface area contributed by atoms with Crippen LogP contribution in [0.2, 0.25) is 5.02 Å². The highest BCUT2D eigenvalue weighted by atomic mass is 35.5. The van der Waals surface area contributed by atoms with Crippen molar-refractivity contribution >= 4 is 17.6 Å². The molecule has 1 aliphatic rings. The molecule has 0 heterocycles. The molecular formula is C13H15ClO2. The Bertz CT molecular complexity index is 410. The van der Waals surface area contributed by atoms with Crippen LogP contribution in [-0.2, 0) is 9.53 Å². The van der Waals surface area contributed by atoms with E-state index in [1.54, 1.807) is 0 Å². The number of hydrogen-bond donors (Lipinski definition) is 0. The van der Waals surface area contributed by atoms with Crippen molar-refractivity contribution in [1.82, 2.24) is 0 Å². The van der Waals surface area contributed by atoms with Crippen LogP contribution in [0, 0.1) is 12.8 Å². The van der Waals surface area contributed by atoms with Crippen molar-refractivity contribution in [3.8, 4) is 0 Å². The van der Waals surface area contributed by atoms with Crippen LogP contribution in [-0.4, -0.2) is 13.1 Å². The average Bonchev–Trinajstić information content (AvgIpc) is 3.07. The van der Waals surface area contributed by atoms with E-state index in [1.165, 1.54) is 7.11 Å². The van der Waals surface area contributed by atoms with Gasteiger partial charge in [-0.3, -0.25) is 4.79 Å². The van der Waals surface area contributed by atoms with Gasteiger partial charge < -0.3 is 4.74 Å². The molecule has 0 aromatic heterocycles. The molecule has 2 nitrogen and oxygen atoms in total. The third-order valence-electron chi connectivity index (χ3n) is 3.12. The standard InChI is InChI=1S/C13H15ClO2/c1-8-3-6-10(14)7-11(8)12(9-4-5-9)13(15)16-2/h3,6-7,9,12H,4-5H2,1-2H3. The van der Waals surface area contributed by atoms with Gasteiger partial charge in [0.2, 0.25) is 0 Å². The van der Waals surface area contributed by atoms with Gasteiger partial charge in [0, 0.05) is 5.02 Å². The molecule has 1 fully saturated rings. The van der Waals surface area contributed by atoms with Crippen LogP contribution in [0.1, 0.15) is 29.9 Å². The number of carbonyl (C=O) groups excluding carboxylic acids is 1. The van der Waals surface area contributed by atoms with E-state index in [0.29, 0.717) is 10.9 Å². The molecule has 1 aliphatic carbocycles. The number of carbonyl (C=O) groups is 1. The maximum atomic E-state index is 11.8. The molecule has 0 amide bonds. The summed E-state index contributed by atoms with van der Waals surface area (Å²) in [6.07, 6.45) is 2.21. The first-order chi connectivity index (χ1) is 7.63. The molecule has 1 aromatic rings. The first kappa shape index (κ1) is 11.5. The van der Waals surface area contributed by atoms with Gasteiger partial charge in [0.05, 0.1) is 13.0 Å². The predicted molar refractivity (Wildman–Crippen MR) is 63.7 cm³/mol. The van der Waals surface area contributed by atoms with E-state index in [9.17, 15) is 4.79 Å². The number of hydrogen-bond acceptors (Lipinski definition) is 2. The Labute approximate surface area is 101 Å². The second-order valence-electron chi connectivity index (χ2n) is 4.34. The van der Waals surface area contributed by atoms with Gasteiger partial charge in [-0.15, -0.1) is 0 Å². The molecule has 0 aliphatic heterocycles. The lowest BCUT2D eigenvalue weighted by molar-refractivity contribution is -0.143. The van der Waals surface area contributed by atoms with Gasteiger partial charge in [-0.05, 0) is 48.9 Å².